The van der Waals surface area contributed by atoms with E-state index in [1.54, 1.807) is 33.0 Å². The second-order valence-electron chi connectivity index (χ2n) is 3.03. The lowest BCUT2D eigenvalue weighted by atomic mass is 10.1. The van der Waals surface area contributed by atoms with Crippen LogP contribution in [-0.4, -0.2) is 12.2 Å². The van der Waals surface area contributed by atoms with Crippen molar-refractivity contribution in [1.82, 2.24) is 0 Å². The van der Waals surface area contributed by atoms with Gasteiger partial charge in [0.25, 0.3) is 0 Å². The molecule has 0 unspecified atom stereocenters. The summed E-state index contributed by atoms with van der Waals surface area (Å²) in [6.07, 6.45) is 0. The first-order valence-corrected chi connectivity index (χ1v) is 3.93. The van der Waals surface area contributed by atoms with Crippen LogP contribution in [0.5, 0.6) is 5.75 Å². The van der Waals surface area contributed by atoms with Crippen molar-refractivity contribution in [1.29, 1.82) is 0 Å². The van der Waals surface area contributed by atoms with Gasteiger partial charge < -0.3 is 5.11 Å². The van der Waals surface area contributed by atoms with E-state index >= 15 is 0 Å². The number of aromatic hydroxyl groups is 1. The first-order chi connectivity index (χ1) is 6.06. The highest BCUT2D eigenvalue weighted by Crippen LogP contribution is 2.27. The maximum Gasteiger partial charge on any atom is 0.121 e. The molecule has 1 aromatic carbocycles. The van der Waals surface area contributed by atoms with E-state index in [9.17, 15) is 10.0 Å². The summed E-state index contributed by atoms with van der Waals surface area (Å²) < 4.78 is 0. The number of hydrogen-bond donors (Lipinski definition) is 1. The molecule has 4 heteroatoms. The van der Waals surface area contributed by atoms with E-state index in [-0.39, 0.29) is 5.75 Å². The normalized spacial score (nSPS) is 9.77. The molecule has 0 aliphatic rings. The van der Waals surface area contributed by atoms with Crippen molar-refractivity contribution >= 4 is 5.69 Å². The minimum absolute atomic E-state index is 0.267. The Labute approximate surface area is 76.7 Å². The van der Waals surface area contributed by atoms with E-state index in [0.717, 1.165) is 11.1 Å². The summed E-state index contributed by atoms with van der Waals surface area (Å²) in [6.45, 7) is 3.56. The van der Waals surface area contributed by atoms with Crippen molar-refractivity contribution in [3.05, 3.63) is 28.2 Å². The molecule has 70 valence electrons. The van der Waals surface area contributed by atoms with E-state index < -0.39 is 0 Å². The zero-order chi connectivity index (χ0) is 10.0. The fraction of sp³-hybridized carbons (Fsp3) is 0.333. The monoisotopic (exact) mass is 180 g/mol. The smallest absolute Gasteiger partial charge is 0.121 e. The minimum Gasteiger partial charge on any atom is -0.507 e. The number of phenolic OH excluding ortho intramolecular Hbond substituents is 1. The summed E-state index contributed by atoms with van der Waals surface area (Å²) in [4.78, 5) is 10.2. The maximum atomic E-state index is 10.2. The van der Waals surface area contributed by atoms with Crippen LogP contribution in [0.15, 0.2) is 17.4 Å². The van der Waals surface area contributed by atoms with Gasteiger partial charge in [-0.15, -0.1) is 4.91 Å². The van der Waals surface area contributed by atoms with E-state index in [4.69, 9.17) is 0 Å². The van der Waals surface area contributed by atoms with Crippen LogP contribution in [0, 0.1) is 18.8 Å². The van der Waals surface area contributed by atoms with Crippen molar-refractivity contribution in [2.24, 2.45) is 5.29 Å². The van der Waals surface area contributed by atoms with Crippen LogP contribution in [0.3, 0.4) is 0 Å². The predicted molar refractivity (Wildman–Crippen MR) is 51.8 cm³/mol. The summed E-state index contributed by atoms with van der Waals surface area (Å²) >= 11 is 0. The van der Waals surface area contributed by atoms with Crippen molar-refractivity contribution in [3.8, 4) is 5.75 Å². The molecule has 1 aromatic rings. The van der Waals surface area contributed by atoms with Gasteiger partial charge in [-0.25, -0.2) is 5.01 Å². The molecular formula is C9H12N2O2. The lowest BCUT2D eigenvalue weighted by Gasteiger charge is -2.11. The van der Waals surface area contributed by atoms with Gasteiger partial charge in [0.05, 0.1) is 11.0 Å². The number of rotatable bonds is 2. The van der Waals surface area contributed by atoms with Gasteiger partial charge in [0.2, 0.25) is 0 Å². The Kier molecular flexibility index (Phi) is 2.51. The third-order valence-electron chi connectivity index (χ3n) is 1.97. The number of phenols is 1. The van der Waals surface area contributed by atoms with Crippen LogP contribution in [0.1, 0.15) is 11.1 Å². The fourth-order valence-corrected chi connectivity index (χ4v) is 1.17. The molecule has 0 spiro atoms. The van der Waals surface area contributed by atoms with Gasteiger partial charge in [-0.2, -0.15) is 0 Å². The van der Waals surface area contributed by atoms with Gasteiger partial charge in [-0.1, -0.05) is 0 Å². The molecule has 0 bridgehead atoms. The molecule has 1 rings (SSSR count). The molecule has 0 aliphatic carbocycles. The number of nitroso groups, excluding NO2 is 1. The topological polar surface area (TPSA) is 52.9 Å². The summed E-state index contributed by atoms with van der Waals surface area (Å²) in [5, 5.41) is 13.5. The largest absolute Gasteiger partial charge is 0.507 e. The molecule has 13 heavy (non-hydrogen) atoms. The van der Waals surface area contributed by atoms with Crippen molar-refractivity contribution < 1.29 is 5.11 Å². The molecule has 0 aliphatic heterocycles. The first kappa shape index (κ1) is 9.51. The van der Waals surface area contributed by atoms with Gasteiger partial charge in [-0.05, 0) is 37.1 Å². The molecule has 0 amide bonds. The highest BCUT2D eigenvalue weighted by molar-refractivity contribution is 5.55. The zero-order valence-electron chi connectivity index (χ0n) is 7.90. The van der Waals surface area contributed by atoms with Crippen LogP contribution in [0.2, 0.25) is 0 Å². The number of benzene rings is 1. The maximum absolute atomic E-state index is 10.2. The standard InChI is InChI=1S/C9H12N2O2/c1-6-4-8(11(3)10-13)5-7(2)9(6)12/h4-5,12H,1-3H3. The molecule has 0 radical (unpaired) electrons. The molecule has 0 atom stereocenters. The lowest BCUT2D eigenvalue weighted by Crippen LogP contribution is -2.07. The highest BCUT2D eigenvalue weighted by atomic mass is 16.3. The summed E-state index contributed by atoms with van der Waals surface area (Å²) in [5.74, 6) is 0.267. The molecule has 0 aromatic heterocycles. The SMILES string of the molecule is Cc1cc(N(C)N=O)cc(C)c1O. The second-order valence-corrected chi connectivity index (χ2v) is 3.03. The van der Waals surface area contributed by atoms with E-state index in [2.05, 4.69) is 5.29 Å². The van der Waals surface area contributed by atoms with Crippen LogP contribution < -0.4 is 5.01 Å². The summed E-state index contributed by atoms with van der Waals surface area (Å²) in [5.41, 5.74) is 2.17. The van der Waals surface area contributed by atoms with Crippen molar-refractivity contribution in [2.45, 2.75) is 13.8 Å². The lowest BCUT2D eigenvalue weighted by molar-refractivity contribution is 0.467. The summed E-state index contributed by atoms with van der Waals surface area (Å²) in [6, 6.07) is 3.42. The van der Waals surface area contributed by atoms with E-state index in [0.29, 0.717) is 5.69 Å². The quantitative estimate of drug-likeness (QED) is 0.560. The Morgan fingerprint density at radius 2 is 1.77 bits per heavy atom. The molecule has 0 saturated heterocycles. The third kappa shape index (κ3) is 1.77. The highest BCUT2D eigenvalue weighted by Gasteiger charge is 2.06. The number of anilines is 1. The Balaban J connectivity index is 3.20. The van der Waals surface area contributed by atoms with E-state index in [1.807, 2.05) is 0 Å². The Morgan fingerprint density at radius 3 is 2.15 bits per heavy atom. The molecule has 0 saturated carbocycles. The molecule has 0 heterocycles. The predicted octanol–water partition coefficient (Wildman–Crippen LogP) is 2.13. The van der Waals surface area contributed by atoms with Gasteiger partial charge in [-0.3, -0.25) is 0 Å². The zero-order valence-corrected chi connectivity index (χ0v) is 7.90. The molecule has 0 fully saturated rings. The van der Waals surface area contributed by atoms with Gasteiger partial charge in [0, 0.05) is 7.05 Å². The van der Waals surface area contributed by atoms with Gasteiger partial charge in [0.1, 0.15) is 5.75 Å². The first-order valence-electron chi connectivity index (χ1n) is 3.93. The summed E-state index contributed by atoms with van der Waals surface area (Å²) in [7, 11) is 1.57. The minimum atomic E-state index is 0.267. The average Bonchev–Trinajstić information content (AvgIpc) is 2.12. The number of hydrogen-bond acceptors (Lipinski definition) is 3. The number of aryl methyl sites for hydroxylation is 2. The van der Waals surface area contributed by atoms with Crippen LogP contribution in [0.4, 0.5) is 5.69 Å². The van der Waals surface area contributed by atoms with Crippen LogP contribution >= 0.6 is 0 Å². The van der Waals surface area contributed by atoms with Crippen LogP contribution in [-0.2, 0) is 0 Å². The average molecular weight is 180 g/mol. The Bertz CT molecular complexity index is 313. The van der Waals surface area contributed by atoms with Crippen molar-refractivity contribution in [2.75, 3.05) is 12.1 Å². The Hall–Kier alpha value is -1.58. The van der Waals surface area contributed by atoms with Gasteiger partial charge in [0.15, 0.2) is 0 Å². The fourth-order valence-electron chi connectivity index (χ4n) is 1.17. The third-order valence-corrected chi connectivity index (χ3v) is 1.97. The van der Waals surface area contributed by atoms with Crippen LogP contribution in [0.25, 0.3) is 0 Å². The van der Waals surface area contributed by atoms with E-state index in [1.165, 1.54) is 5.01 Å². The molecule has 4 nitrogen and oxygen atoms in total. The number of nitrogens with zero attached hydrogens (tertiary/aromatic N) is 2. The Morgan fingerprint density at radius 1 is 1.31 bits per heavy atom. The second kappa shape index (κ2) is 3.43. The van der Waals surface area contributed by atoms with Crippen molar-refractivity contribution in [3.63, 3.8) is 0 Å². The molecular weight excluding hydrogens is 168 g/mol. The molecule has 1 N–H and O–H groups in total. The van der Waals surface area contributed by atoms with Gasteiger partial charge >= 0.3 is 0 Å².